The van der Waals surface area contributed by atoms with E-state index in [1.54, 1.807) is 24.8 Å². The van der Waals surface area contributed by atoms with Crippen molar-refractivity contribution >= 4 is 5.91 Å². The standard InChI is InChI=1S/C19H19N5O/c25-19(15-7-6-11-20-13-15)23-12-5-4-10-17(23)18-22-21-14-24(18)16-8-2-1-3-9-16/h1-3,6-9,11,13-14,17H,4-5,10,12H2/t17-/m1/s1. The zero-order valence-electron chi connectivity index (χ0n) is 13.8. The Morgan fingerprint density at radius 3 is 2.76 bits per heavy atom. The molecule has 0 bridgehead atoms. The van der Waals surface area contributed by atoms with Crippen molar-refractivity contribution in [3.63, 3.8) is 0 Å². The summed E-state index contributed by atoms with van der Waals surface area (Å²) in [6.45, 7) is 0.722. The first-order valence-corrected chi connectivity index (χ1v) is 8.51. The van der Waals surface area contributed by atoms with Crippen LogP contribution in [0.4, 0.5) is 0 Å². The number of piperidine rings is 1. The van der Waals surface area contributed by atoms with Crippen LogP contribution in [0, 0.1) is 0 Å². The van der Waals surface area contributed by atoms with E-state index in [2.05, 4.69) is 15.2 Å². The molecule has 1 saturated heterocycles. The molecule has 3 heterocycles. The zero-order chi connectivity index (χ0) is 17.1. The maximum absolute atomic E-state index is 13.0. The van der Waals surface area contributed by atoms with E-state index in [9.17, 15) is 4.79 Å². The first kappa shape index (κ1) is 15.5. The fourth-order valence-electron chi connectivity index (χ4n) is 3.36. The third-order valence-corrected chi connectivity index (χ3v) is 4.58. The normalized spacial score (nSPS) is 17.4. The highest BCUT2D eigenvalue weighted by molar-refractivity contribution is 5.94. The molecule has 1 aliphatic rings. The Labute approximate surface area is 146 Å². The average Bonchev–Trinajstić information content (AvgIpc) is 3.18. The highest BCUT2D eigenvalue weighted by Gasteiger charge is 2.32. The minimum Gasteiger partial charge on any atom is -0.328 e. The van der Waals surface area contributed by atoms with E-state index in [1.807, 2.05) is 45.9 Å². The van der Waals surface area contributed by atoms with Gasteiger partial charge in [-0.2, -0.15) is 0 Å². The van der Waals surface area contributed by atoms with E-state index < -0.39 is 0 Å². The smallest absolute Gasteiger partial charge is 0.256 e. The second kappa shape index (κ2) is 6.84. The molecule has 6 nitrogen and oxygen atoms in total. The predicted molar refractivity (Wildman–Crippen MR) is 93.2 cm³/mol. The second-order valence-electron chi connectivity index (χ2n) is 6.15. The van der Waals surface area contributed by atoms with Gasteiger partial charge in [-0.05, 0) is 43.5 Å². The van der Waals surface area contributed by atoms with Crippen LogP contribution in [0.15, 0.2) is 61.2 Å². The third-order valence-electron chi connectivity index (χ3n) is 4.58. The Morgan fingerprint density at radius 2 is 1.96 bits per heavy atom. The topological polar surface area (TPSA) is 63.9 Å². The van der Waals surface area contributed by atoms with Crippen LogP contribution in [0.25, 0.3) is 5.69 Å². The molecule has 3 aromatic rings. The average molecular weight is 333 g/mol. The Hall–Kier alpha value is -3.02. The van der Waals surface area contributed by atoms with Gasteiger partial charge in [0.1, 0.15) is 6.33 Å². The van der Waals surface area contributed by atoms with Crippen molar-refractivity contribution in [2.45, 2.75) is 25.3 Å². The number of pyridine rings is 1. The lowest BCUT2D eigenvalue weighted by atomic mass is 10.00. The van der Waals surface area contributed by atoms with Gasteiger partial charge in [-0.25, -0.2) is 0 Å². The minimum atomic E-state index is -0.0795. The molecule has 1 aromatic carbocycles. The SMILES string of the molecule is O=C(c1cccnc1)N1CCCC[C@@H]1c1nncn1-c1ccccc1. The number of amides is 1. The number of hydrogen-bond acceptors (Lipinski definition) is 4. The fraction of sp³-hybridized carbons (Fsp3) is 0.263. The van der Waals surface area contributed by atoms with Gasteiger partial charge in [0.05, 0.1) is 11.6 Å². The summed E-state index contributed by atoms with van der Waals surface area (Å²) in [7, 11) is 0. The molecule has 0 N–H and O–H groups in total. The number of benzene rings is 1. The van der Waals surface area contributed by atoms with Gasteiger partial charge in [-0.3, -0.25) is 14.3 Å². The van der Waals surface area contributed by atoms with Gasteiger partial charge < -0.3 is 4.90 Å². The van der Waals surface area contributed by atoms with Crippen molar-refractivity contribution < 1.29 is 4.79 Å². The quantitative estimate of drug-likeness (QED) is 0.739. The lowest BCUT2D eigenvalue weighted by Crippen LogP contribution is -2.39. The second-order valence-corrected chi connectivity index (χ2v) is 6.15. The number of carbonyl (C=O) groups is 1. The molecule has 0 radical (unpaired) electrons. The van der Waals surface area contributed by atoms with E-state index in [4.69, 9.17) is 0 Å². The van der Waals surface area contributed by atoms with Crippen LogP contribution in [0.3, 0.4) is 0 Å². The van der Waals surface area contributed by atoms with E-state index in [1.165, 1.54) is 0 Å². The fourth-order valence-corrected chi connectivity index (χ4v) is 3.36. The van der Waals surface area contributed by atoms with Gasteiger partial charge in [-0.15, -0.1) is 10.2 Å². The predicted octanol–water partition coefficient (Wildman–Crippen LogP) is 3.03. The van der Waals surface area contributed by atoms with Crippen LogP contribution in [0.1, 0.15) is 41.5 Å². The first-order chi connectivity index (χ1) is 12.3. The van der Waals surface area contributed by atoms with E-state index >= 15 is 0 Å². The summed E-state index contributed by atoms with van der Waals surface area (Å²) >= 11 is 0. The van der Waals surface area contributed by atoms with Crippen LogP contribution in [0.2, 0.25) is 0 Å². The number of likely N-dealkylation sites (tertiary alicyclic amines) is 1. The number of rotatable bonds is 3. The van der Waals surface area contributed by atoms with Crippen LogP contribution in [-0.2, 0) is 0 Å². The lowest BCUT2D eigenvalue weighted by molar-refractivity contribution is 0.0597. The maximum Gasteiger partial charge on any atom is 0.256 e. The molecular formula is C19H19N5O. The van der Waals surface area contributed by atoms with Gasteiger partial charge >= 0.3 is 0 Å². The molecule has 1 amide bonds. The van der Waals surface area contributed by atoms with Gasteiger partial charge in [0.25, 0.3) is 5.91 Å². The molecule has 1 fully saturated rings. The highest BCUT2D eigenvalue weighted by atomic mass is 16.2. The van der Waals surface area contributed by atoms with Crippen LogP contribution < -0.4 is 0 Å². The largest absolute Gasteiger partial charge is 0.328 e. The van der Waals surface area contributed by atoms with Crippen molar-refractivity contribution in [1.82, 2.24) is 24.6 Å². The van der Waals surface area contributed by atoms with Crippen LogP contribution >= 0.6 is 0 Å². The summed E-state index contributed by atoms with van der Waals surface area (Å²) in [6.07, 6.45) is 7.97. The Balaban J connectivity index is 1.69. The van der Waals surface area contributed by atoms with Gasteiger partial charge in [0, 0.05) is 24.6 Å². The molecule has 0 spiro atoms. The molecule has 1 atom stereocenters. The third kappa shape index (κ3) is 3.03. The molecule has 0 aliphatic carbocycles. The van der Waals surface area contributed by atoms with E-state index in [0.717, 1.165) is 37.3 Å². The van der Waals surface area contributed by atoms with E-state index in [-0.39, 0.29) is 11.9 Å². The van der Waals surface area contributed by atoms with Crippen molar-refractivity contribution in [3.8, 4) is 5.69 Å². The summed E-state index contributed by atoms with van der Waals surface area (Å²) in [5.41, 5.74) is 1.61. The molecule has 0 saturated carbocycles. The number of para-hydroxylation sites is 1. The summed E-state index contributed by atoms with van der Waals surface area (Å²) < 4.78 is 1.97. The van der Waals surface area contributed by atoms with Gasteiger partial charge in [0.15, 0.2) is 5.82 Å². The van der Waals surface area contributed by atoms with Gasteiger partial charge in [0.2, 0.25) is 0 Å². The molecule has 0 unspecified atom stereocenters. The van der Waals surface area contributed by atoms with Gasteiger partial charge in [-0.1, -0.05) is 18.2 Å². The van der Waals surface area contributed by atoms with Crippen LogP contribution in [-0.4, -0.2) is 37.1 Å². The molecule has 25 heavy (non-hydrogen) atoms. The van der Waals surface area contributed by atoms with Crippen molar-refractivity contribution in [2.75, 3.05) is 6.54 Å². The van der Waals surface area contributed by atoms with Crippen LogP contribution in [0.5, 0.6) is 0 Å². The Morgan fingerprint density at radius 1 is 1.08 bits per heavy atom. The zero-order valence-corrected chi connectivity index (χ0v) is 13.8. The molecule has 2 aromatic heterocycles. The monoisotopic (exact) mass is 333 g/mol. The lowest BCUT2D eigenvalue weighted by Gasteiger charge is -2.35. The maximum atomic E-state index is 13.0. The Bertz CT molecular complexity index is 847. The number of hydrogen-bond donors (Lipinski definition) is 0. The highest BCUT2D eigenvalue weighted by Crippen LogP contribution is 2.32. The molecular weight excluding hydrogens is 314 g/mol. The number of aromatic nitrogens is 4. The molecule has 6 heteroatoms. The minimum absolute atomic E-state index is 0.000381. The van der Waals surface area contributed by atoms with Crippen molar-refractivity contribution in [2.24, 2.45) is 0 Å². The summed E-state index contributed by atoms with van der Waals surface area (Å²) in [5.74, 6) is 0.809. The molecule has 1 aliphatic heterocycles. The first-order valence-electron chi connectivity index (χ1n) is 8.51. The summed E-state index contributed by atoms with van der Waals surface area (Å²) in [5, 5.41) is 8.45. The molecule has 126 valence electrons. The van der Waals surface area contributed by atoms with Crippen molar-refractivity contribution in [3.05, 3.63) is 72.6 Å². The summed E-state index contributed by atoms with van der Waals surface area (Å²) in [4.78, 5) is 19.0. The van der Waals surface area contributed by atoms with E-state index in [0.29, 0.717) is 5.56 Å². The summed E-state index contributed by atoms with van der Waals surface area (Å²) in [6, 6.07) is 13.5. The van der Waals surface area contributed by atoms with Crippen molar-refractivity contribution in [1.29, 1.82) is 0 Å². The number of carbonyl (C=O) groups excluding carboxylic acids is 1. The molecule has 4 rings (SSSR count). The number of nitrogens with zero attached hydrogens (tertiary/aromatic N) is 5. The Kier molecular flexibility index (Phi) is 4.24.